The molecule has 3 rings (SSSR count). The Kier molecular flexibility index (Phi) is 3.15. The summed E-state index contributed by atoms with van der Waals surface area (Å²) in [7, 11) is 2.20. The van der Waals surface area contributed by atoms with Crippen molar-refractivity contribution in [2.45, 2.75) is 33.1 Å². The molecule has 0 aromatic heterocycles. The van der Waals surface area contributed by atoms with Crippen LogP contribution in [0.1, 0.15) is 33.1 Å². The van der Waals surface area contributed by atoms with Gasteiger partial charge in [0.15, 0.2) is 0 Å². The van der Waals surface area contributed by atoms with Gasteiger partial charge in [0.1, 0.15) is 5.78 Å². The first kappa shape index (κ1) is 11.1. The molecule has 3 fully saturated rings. The van der Waals surface area contributed by atoms with Gasteiger partial charge < -0.3 is 4.90 Å². The summed E-state index contributed by atoms with van der Waals surface area (Å²) in [5, 5.41) is 0. The lowest BCUT2D eigenvalue weighted by atomic mass is 9.60. The number of carbonyl (C=O) groups is 1. The molecule has 2 bridgehead atoms. The van der Waals surface area contributed by atoms with Gasteiger partial charge in [0, 0.05) is 25.9 Å². The van der Waals surface area contributed by atoms with Gasteiger partial charge in [-0.2, -0.15) is 0 Å². The zero-order valence-electron chi connectivity index (χ0n) is 10.2. The molecule has 2 nitrogen and oxygen atoms in total. The third-order valence-corrected chi connectivity index (χ3v) is 4.01. The Balaban J connectivity index is 1.80. The molecule has 2 atom stereocenters. The van der Waals surface area contributed by atoms with E-state index in [1.165, 1.54) is 19.5 Å². The van der Waals surface area contributed by atoms with Gasteiger partial charge in [-0.05, 0) is 37.1 Å². The fourth-order valence-corrected chi connectivity index (χ4v) is 3.36. The first-order chi connectivity index (χ1) is 7.06. The van der Waals surface area contributed by atoms with Crippen LogP contribution in [0.2, 0.25) is 0 Å². The molecule has 2 saturated heterocycles. The zero-order chi connectivity index (χ0) is 11.0. The molecule has 2 heteroatoms. The summed E-state index contributed by atoms with van der Waals surface area (Å²) in [6.45, 7) is 6.70. The van der Waals surface area contributed by atoms with Gasteiger partial charge in [-0.25, -0.2) is 0 Å². The highest BCUT2D eigenvalue weighted by molar-refractivity contribution is 5.79. The predicted octanol–water partition coefficient (Wildman–Crippen LogP) is 2.19. The molecular formula is C13H23NO. The number of fused-ring (bicyclic) bond motifs is 2. The largest absolute Gasteiger partial charge is 0.306 e. The van der Waals surface area contributed by atoms with Crippen LogP contribution in [0.4, 0.5) is 0 Å². The lowest BCUT2D eigenvalue weighted by Crippen LogP contribution is -2.54. The number of hydrogen-bond donors (Lipinski definition) is 0. The molecule has 1 saturated carbocycles. The monoisotopic (exact) mass is 209 g/mol. The molecule has 0 radical (unpaired) electrons. The quantitative estimate of drug-likeness (QED) is 0.707. The maximum absolute atomic E-state index is 11.8. The van der Waals surface area contributed by atoms with E-state index < -0.39 is 0 Å². The number of nitrogens with zero attached hydrogens (tertiary/aromatic N) is 1. The Hall–Kier alpha value is -0.370. The molecule has 0 amide bonds. The molecule has 2 heterocycles. The highest BCUT2D eigenvalue weighted by atomic mass is 16.1. The van der Waals surface area contributed by atoms with Crippen molar-refractivity contribution >= 4 is 5.78 Å². The Bertz CT molecular complexity index is 237. The van der Waals surface area contributed by atoms with Gasteiger partial charge in [-0.1, -0.05) is 13.8 Å². The van der Waals surface area contributed by atoms with Crippen molar-refractivity contribution < 1.29 is 4.79 Å². The van der Waals surface area contributed by atoms with Crippen molar-refractivity contribution in [3.05, 3.63) is 0 Å². The number of rotatable bonds is 4. The van der Waals surface area contributed by atoms with Crippen LogP contribution >= 0.6 is 0 Å². The third-order valence-electron chi connectivity index (χ3n) is 4.01. The summed E-state index contributed by atoms with van der Waals surface area (Å²) in [6.07, 6.45) is 3.02. The maximum atomic E-state index is 11.8. The summed E-state index contributed by atoms with van der Waals surface area (Å²) >= 11 is 0. The molecule has 1 aliphatic carbocycles. The van der Waals surface area contributed by atoms with Crippen molar-refractivity contribution in [1.82, 2.24) is 4.90 Å². The van der Waals surface area contributed by atoms with Gasteiger partial charge in [0.25, 0.3) is 0 Å². The van der Waals surface area contributed by atoms with Crippen LogP contribution in [0.5, 0.6) is 0 Å². The molecule has 0 aromatic carbocycles. The fourth-order valence-electron chi connectivity index (χ4n) is 3.36. The number of hydrogen-bond acceptors (Lipinski definition) is 2. The van der Waals surface area contributed by atoms with Gasteiger partial charge in [-0.15, -0.1) is 0 Å². The lowest BCUT2D eigenvalue weighted by Gasteiger charge is -2.53. The second kappa shape index (κ2) is 4.25. The molecule has 2 unspecified atom stereocenters. The summed E-state index contributed by atoms with van der Waals surface area (Å²) in [4.78, 5) is 14.2. The number of Topliss-reactive ketones (excluding diaryl/α,β-unsaturated/α-hetero) is 1. The van der Waals surface area contributed by atoms with E-state index in [-0.39, 0.29) is 0 Å². The summed E-state index contributed by atoms with van der Waals surface area (Å²) < 4.78 is 0. The van der Waals surface area contributed by atoms with Crippen molar-refractivity contribution in [3.8, 4) is 0 Å². The first-order valence-corrected chi connectivity index (χ1v) is 6.26. The van der Waals surface area contributed by atoms with E-state index in [9.17, 15) is 4.79 Å². The van der Waals surface area contributed by atoms with Crippen LogP contribution in [0.25, 0.3) is 0 Å². The number of piperidine rings is 2. The van der Waals surface area contributed by atoms with Gasteiger partial charge >= 0.3 is 0 Å². The van der Waals surface area contributed by atoms with Gasteiger partial charge in [0.2, 0.25) is 0 Å². The minimum absolute atomic E-state index is 0.495. The average molecular weight is 209 g/mol. The summed E-state index contributed by atoms with van der Waals surface area (Å²) in [5.74, 6) is 3.40. The zero-order valence-corrected chi connectivity index (χ0v) is 10.2. The lowest BCUT2D eigenvalue weighted by molar-refractivity contribution is -0.125. The Labute approximate surface area is 93.0 Å². The van der Waals surface area contributed by atoms with Crippen molar-refractivity contribution in [3.63, 3.8) is 0 Å². The first-order valence-electron chi connectivity index (χ1n) is 6.26. The average Bonchev–Trinajstić information content (AvgIpc) is 2.13. The van der Waals surface area contributed by atoms with Crippen LogP contribution in [-0.2, 0) is 4.79 Å². The minimum atomic E-state index is 0.495. The van der Waals surface area contributed by atoms with E-state index in [1.807, 2.05) is 0 Å². The Morgan fingerprint density at radius 2 is 1.93 bits per heavy atom. The molecule has 3 aliphatic rings. The standard InChI is InChI=1S/C13H23NO/c1-9(2)4-12(15)6-13-10-5-11(13)8-14(3)7-10/h9-11,13H,4-8H2,1-3H3. The Morgan fingerprint density at radius 3 is 2.47 bits per heavy atom. The van der Waals surface area contributed by atoms with Crippen molar-refractivity contribution in [2.24, 2.45) is 23.7 Å². The maximum Gasteiger partial charge on any atom is 0.133 e. The summed E-state index contributed by atoms with van der Waals surface area (Å²) in [6, 6.07) is 0. The molecule has 86 valence electrons. The smallest absolute Gasteiger partial charge is 0.133 e. The second-order valence-electron chi connectivity index (χ2n) is 5.98. The molecule has 0 spiro atoms. The molecule has 15 heavy (non-hydrogen) atoms. The normalized spacial score (nSPS) is 35.3. The van der Waals surface area contributed by atoms with Crippen LogP contribution in [0.15, 0.2) is 0 Å². The fraction of sp³-hybridized carbons (Fsp3) is 0.923. The summed E-state index contributed by atoms with van der Waals surface area (Å²) in [5.41, 5.74) is 0. The highest BCUT2D eigenvalue weighted by Crippen LogP contribution is 2.47. The SMILES string of the molecule is CC(C)CC(=O)CC1C2CC1CN(C)C2. The topological polar surface area (TPSA) is 20.3 Å². The molecule has 2 aliphatic heterocycles. The molecule has 0 N–H and O–H groups in total. The van der Waals surface area contributed by atoms with E-state index >= 15 is 0 Å². The van der Waals surface area contributed by atoms with Crippen LogP contribution < -0.4 is 0 Å². The van der Waals surface area contributed by atoms with Crippen molar-refractivity contribution in [2.75, 3.05) is 20.1 Å². The van der Waals surface area contributed by atoms with Crippen LogP contribution in [-0.4, -0.2) is 30.8 Å². The third kappa shape index (κ3) is 2.41. The van der Waals surface area contributed by atoms with E-state index in [4.69, 9.17) is 0 Å². The molecule has 0 aromatic rings. The number of carbonyl (C=O) groups excluding carboxylic acids is 1. The van der Waals surface area contributed by atoms with E-state index in [0.29, 0.717) is 11.7 Å². The van der Waals surface area contributed by atoms with E-state index in [2.05, 4.69) is 25.8 Å². The van der Waals surface area contributed by atoms with Crippen LogP contribution in [0.3, 0.4) is 0 Å². The van der Waals surface area contributed by atoms with Gasteiger partial charge in [0.05, 0.1) is 0 Å². The van der Waals surface area contributed by atoms with E-state index in [0.717, 1.165) is 30.6 Å². The highest BCUT2D eigenvalue weighted by Gasteiger charge is 2.45. The minimum Gasteiger partial charge on any atom is -0.306 e. The predicted molar refractivity (Wildman–Crippen MR) is 61.7 cm³/mol. The van der Waals surface area contributed by atoms with Crippen molar-refractivity contribution in [1.29, 1.82) is 0 Å². The second-order valence-corrected chi connectivity index (χ2v) is 5.98. The van der Waals surface area contributed by atoms with E-state index in [1.54, 1.807) is 0 Å². The number of ketones is 1. The Morgan fingerprint density at radius 1 is 1.33 bits per heavy atom. The van der Waals surface area contributed by atoms with Gasteiger partial charge in [-0.3, -0.25) is 4.79 Å². The molecular weight excluding hydrogens is 186 g/mol. The van der Waals surface area contributed by atoms with Crippen LogP contribution in [0, 0.1) is 23.7 Å².